The molecule has 0 unspecified atom stereocenters. The van der Waals surface area contributed by atoms with Gasteiger partial charge in [0.2, 0.25) is 0 Å². The van der Waals surface area contributed by atoms with E-state index in [2.05, 4.69) is 0 Å². The minimum Gasteiger partial charge on any atom is -0.494 e. The maximum absolute atomic E-state index is 13.5. The Morgan fingerprint density at radius 1 is 1.15 bits per heavy atom. The number of rotatable bonds is 8. The molecule has 2 rings (SSSR count). The first-order valence-corrected chi connectivity index (χ1v) is 9.27. The van der Waals surface area contributed by atoms with Gasteiger partial charge in [0.05, 0.1) is 11.5 Å². The maximum atomic E-state index is 13.5. The number of carbonyl (C=O) groups is 1. The van der Waals surface area contributed by atoms with Crippen LogP contribution in [0.25, 0.3) is 0 Å². The van der Waals surface area contributed by atoms with E-state index in [1.165, 1.54) is 49.4 Å². The number of amides is 1. The highest BCUT2D eigenvalue weighted by atomic mass is 32.2. The Balaban J connectivity index is 1.95. The lowest BCUT2D eigenvalue weighted by Crippen LogP contribution is -2.47. The fraction of sp³-hybridized carbons (Fsp3) is 0.235. The van der Waals surface area contributed by atoms with Crippen molar-refractivity contribution in [3.63, 3.8) is 0 Å². The molecule has 2 aromatic carbocycles. The van der Waals surface area contributed by atoms with Crippen LogP contribution in [-0.2, 0) is 14.8 Å². The summed E-state index contributed by atoms with van der Waals surface area (Å²) < 4.78 is 48.3. The van der Waals surface area contributed by atoms with E-state index in [1.54, 1.807) is 6.07 Å². The standard InChI is InChI=1S/C17H19FN2O5S/c1-3-24-13-8-10-14(11-9-13)26(22,23)20-19-17(21)12(2)25-16-7-5-4-6-15(16)18/h4-12,20H,3H2,1-2H3,(H,19,21)/t12-/m0/s1. The zero-order chi connectivity index (χ0) is 19.2. The van der Waals surface area contributed by atoms with Gasteiger partial charge in [-0.05, 0) is 50.2 Å². The third-order valence-corrected chi connectivity index (χ3v) is 4.53. The molecule has 2 N–H and O–H groups in total. The molecule has 0 heterocycles. The Kier molecular flexibility index (Phi) is 6.53. The smallest absolute Gasteiger partial charge is 0.275 e. The first kappa shape index (κ1) is 19.7. The second-order valence-corrected chi connectivity index (χ2v) is 6.87. The number of para-hydroxylation sites is 1. The van der Waals surface area contributed by atoms with Crippen molar-refractivity contribution in [3.05, 3.63) is 54.3 Å². The number of hydrogen-bond donors (Lipinski definition) is 2. The summed E-state index contributed by atoms with van der Waals surface area (Å²) in [7, 11) is -3.97. The van der Waals surface area contributed by atoms with Crippen molar-refractivity contribution in [2.24, 2.45) is 0 Å². The van der Waals surface area contributed by atoms with Gasteiger partial charge in [0, 0.05) is 0 Å². The molecule has 140 valence electrons. The summed E-state index contributed by atoms with van der Waals surface area (Å²) in [6.45, 7) is 3.64. The second-order valence-electron chi connectivity index (χ2n) is 5.19. The molecule has 0 radical (unpaired) electrons. The van der Waals surface area contributed by atoms with Crippen molar-refractivity contribution >= 4 is 15.9 Å². The highest BCUT2D eigenvalue weighted by molar-refractivity contribution is 7.89. The van der Waals surface area contributed by atoms with Crippen LogP contribution >= 0.6 is 0 Å². The molecule has 1 atom stereocenters. The molecule has 0 fully saturated rings. The number of halogens is 1. The molecule has 7 nitrogen and oxygen atoms in total. The molecule has 0 spiro atoms. The molecular weight excluding hydrogens is 363 g/mol. The number of nitrogens with one attached hydrogen (secondary N) is 2. The summed E-state index contributed by atoms with van der Waals surface area (Å²) >= 11 is 0. The van der Waals surface area contributed by atoms with Gasteiger partial charge in [0.15, 0.2) is 17.7 Å². The summed E-state index contributed by atoms with van der Waals surface area (Å²) in [4.78, 5) is 13.9. The Bertz CT molecular complexity index is 856. The lowest BCUT2D eigenvalue weighted by molar-refractivity contribution is -0.127. The summed E-state index contributed by atoms with van der Waals surface area (Å²) in [5.41, 5.74) is 2.05. The van der Waals surface area contributed by atoms with Crippen LogP contribution in [0.5, 0.6) is 11.5 Å². The van der Waals surface area contributed by atoms with Crippen molar-refractivity contribution in [1.29, 1.82) is 0 Å². The zero-order valence-electron chi connectivity index (χ0n) is 14.2. The molecule has 0 bridgehead atoms. The number of ether oxygens (including phenoxy) is 2. The molecule has 2 aromatic rings. The predicted octanol–water partition coefficient (Wildman–Crippen LogP) is 2.00. The van der Waals surface area contributed by atoms with E-state index in [0.29, 0.717) is 12.4 Å². The van der Waals surface area contributed by atoms with Gasteiger partial charge in [-0.15, -0.1) is 4.83 Å². The van der Waals surface area contributed by atoms with Crippen molar-refractivity contribution in [2.75, 3.05) is 6.61 Å². The summed E-state index contributed by atoms with van der Waals surface area (Å²) in [6.07, 6.45) is -1.12. The number of hydrazine groups is 1. The molecule has 0 aliphatic carbocycles. The van der Waals surface area contributed by atoms with E-state index in [0.717, 1.165) is 0 Å². The number of hydrogen-bond acceptors (Lipinski definition) is 5. The van der Waals surface area contributed by atoms with E-state index < -0.39 is 27.9 Å². The molecule has 0 saturated carbocycles. The SMILES string of the molecule is CCOc1ccc(S(=O)(=O)NNC(=O)[C@H](C)Oc2ccccc2F)cc1. The van der Waals surface area contributed by atoms with Gasteiger partial charge in [-0.2, -0.15) is 0 Å². The minimum absolute atomic E-state index is 0.0519. The van der Waals surface area contributed by atoms with E-state index in [-0.39, 0.29) is 10.6 Å². The Morgan fingerprint density at radius 3 is 2.42 bits per heavy atom. The van der Waals surface area contributed by atoms with E-state index in [9.17, 15) is 17.6 Å². The van der Waals surface area contributed by atoms with Crippen LogP contribution in [0.3, 0.4) is 0 Å². The molecule has 0 aromatic heterocycles. The topological polar surface area (TPSA) is 93.7 Å². The van der Waals surface area contributed by atoms with Crippen LogP contribution in [0.2, 0.25) is 0 Å². The first-order chi connectivity index (χ1) is 12.3. The molecule has 0 saturated heterocycles. The van der Waals surface area contributed by atoms with Crippen molar-refractivity contribution in [1.82, 2.24) is 10.3 Å². The highest BCUT2D eigenvalue weighted by Crippen LogP contribution is 2.17. The monoisotopic (exact) mass is 382 g/mol. The van der Waals surface area contributed by atoms with Crippen LogP contribution in [0.4, 0.5) is 4.39 Å². The van der Waals surface area contributed by atoms with E-state index in [4.69, 9.17) is 9.47 Å². The third kappa shape index (κ3) is 5.17. The van der Waals surface area contributed by atoms with Gasteiger partial charge in [-0.25, -0.2) is 12.8 Å². The van der Waals surface area contributed by atoms with E-state index >= 15 is 0 Å². The average Bonchev–Trinajstić information content (AvgIpc) is 2.62. The highest BCUT2D eigenvalue weighted by Gasteiger charge is 2.20. The Hall–Kier alpha value is -2.65. The van der Waals surface area contributed by atoms with Crippen LogP contribution in [0.1, 0.15) is 13.8 Å². The fourth-order valence-corrected chi connectivity index (χ4v) is 2.79. The molecule has 0 aliphatic rings. The molecular formula is C17H19FN2O5S. The summed E-state index contributed by atoms with van der Waals surface area (Å²) in [5, 5.41) is 0. The third-order valence-electron chi connectivity index (χ3n) is 3.26. The molecule has 9 heteroatoms. The van der Waals surface area contributed by atoms with Gasteiger partial charge in [-0.1, -0.05) is 12.1 Å². The quantitative estimate of drug-likeness (QED) is 0.681. The van der Waals surface area contributed by atoms with Crippen molar-refractivity contribution in [2.45, 2.75) is 24.8 Å². The van der Waals surface area contributed by atoms with Crippen molar-refractivity contribution < 1.29 is 27.1 Å². The summed E-state index contributed by atoms with van der Waals surface area (Å²) in [6, 6.07) is 11.3. The molecule has 26 heavy (non-hydrogen) atoms. The zero-order valence-corrected chi connectivity index (χ0v) is 15.0. The van der Waals surface area contributed by atoms with Gasteiger partial charge < -0.3 is 9.47 Å². The second kappa shape index (κ2) is 8.63. The first-order valence-electron chi connectivity index (χ1n) is 7.79. The maximum Gasteiger partial charge on any atom is 0.275 e. The number of carbonyl (C=O) groups excluding carboxylic acids is 1. The Labute approximate surface area is 151 Å². The summed E-state index contributed by atoms with van der Waals surface area (Å²) in [5.74, 6) is -0.975. The minimum atomic E-state index is -3.97. The van der Waals surface area contributed by atoms with Crippen LogP contribution in [-0.4, -0.2) is 27.0 Å². The predicted molar refractivity (Wildman–Crippen MR) is 92.6 cm³/mol. The number of benzene rings is 2. The van der Waals surface area contributed by atoms with Crippen LogP contribution < -0.4 is 19.7 Å². The van der Waals surface area contributed by atoms with Gasteiger partial charge in [-0.3, -0.25) is 10.2 Å². The fourth-order valence-electron chi connectivity index (χ4n) is 1.94. The molecule has 0 aliphatic heterocycles. The largest absolute Gasteiger partial charge is 0.494 e. The van der Waals surface area contributed by atoms with Gasteiger partial charge in [0.1, 0.15) is 5.75 Å². The molecule has 1 amide bonds. The van der Waals surface area contributed by atoms with E-state index in [1.807, 2.05) is 17.2 Å². The normalized spacial score (nSPS) is 12.3. The van der Waals surface area contributed by atoms with Crippen LogP contribution in [0, 0.1) is 5.82 Å². The number of sulfonamides is 1. The lowest BCUT2D eigenvalue weighted by atomic mass is 10.3. The van der Waals surface area contributed by atoms with Gasteiger partial charge in [0.25, 0.3) is 15.9 Å². The van der Waals surface area contributed by atoms with Crippen molar-refractivity contribution in [3.8, 4) is 11.5 Å². The van der Waals surface area contributed by atoms with Crippen LogP contribution in [0.15, 0.2) is 53.4 Å². The Morgan fingerprint density at radius 2 is 1.81 bits per heavy atom. The van der Waals surface area contributed by atoms with Gasteiger partial charge >= 0.3 is 0 Å². The lowest BCUT2D eigenvalue weighted by Gasteiger charge is -2.15. The average molecular weight is 382 g/mol.